The minimum atomic E-state index is 0.339. The summed E-state index contributed by atoms with van der Waals surface area (Å²) >= 11 is 0. The van der Waals surface area contributed by atoms with Gasteiger partial charge in [-0.05, 0) is 42.9 Å². The summed E-state index contributed by atoms with van der Waals surface area (Å²) in [5.41, 5.74) is 8.77. The van der Waals surface area contributed by atoms with Crippen molar-refractivity contribution in [3.8, 4) is 5.75 Å². The zero-order valence-corrected chi connectivity index (χ0v) is 10.8. The second kappa shape index (κ2) is 5.29. The molecule has 1 fully saturated rings. The van der Waals surface area contributed by atoms with Gasteiger partial charge in [0.2, 0.25) is 0 Å². The van der Waals surface area contributed by atoms with E-state index in [9.17, 15) is 0 Å². The lowest BCUT2D eigenvalue weighted by molar-refractivity contribution is 0.288. The van der Waals surface area contributed by atoms with Gasteiger partial charge in [-0.25, -0.2) is 0 Å². The summed E-state index contributed by atoms with van der Waals surface area (Å²) in [7, 11) is 0. The standard InChI is InChI=1S/C15H22N2O/c16-13-4-1-5-14(13)17-10-11-6-7-15-12(9-11)3-2-8-18-15/h6-7,9,13-14,17H,1-5,8,10,16H2. The Morgan fingerprint density at radius 2 is 2.22 bits per heavy atom. The third-order valence-electron chi connectivity index (χ3n) is 4.11. The summed E-state index contributed by atoms with van der Waals surface area (Å²) in [6.07, 6.45) is 5.92. The quantitative estimate of drug-likeness (QED) is 0.857. The zero-order chi connectivity index (χ0) is 12.4. The summed E-state index contributed by atoms with van der Waals surface area (Å²) in [6.45, 7) is 1.78. The Hall–Kier alpha value is -1.06. The van der Waals surface area contributed by atoms with Crippen molar-refractivity contribution in [3.05, 3.63) is 29.3 Å². The van der Waals surface area contributed by atoms with Crippen LogP contribution in [0.15, 0.2) is 18.2 Å². The van der Waals surface area contributed by atoms with E-state index in [-0.39, 0.29) is 0 Å². The van der Waals surface area contributed by atoms with Crippen molar-refractivity contribution in [1.29, 1.82) is 0 Å². The first-order valence-corrected chi connectivity index (χ1v) is 7.06. The number of hydrogen-bond acceptors (Lipinski definition) is 3. The van der Waals surface area contributed by atoms with Crippen LogP contribution < -0.4 is 15.8 Å². The van der Waals surface area contributed by atoms with Crippen LogP contribution in [0.25, 0.3) is 0 Å². The summed E-state index contributed by atoms with van der Waals surface area (Å²) in [5.74, 6) is 1.07. The summed E-state index contributed by atoms with van der Waals surface area (Å²) in [4.78, 5) is 0. The zero-order valence-electron chi connectivity index (χ0n) is 10.8. The average Bonchev–Trinajstić information content (AvgIpc) is 2.82. The molecule has 1 aromatic rings. The van der Waals surface area contributed by atoms with Gasteiger partial charge in [-0.2, -0.15) is 0 Å². The second-order valence-electron chi connectivity index (χ2n) is 5.48. The fraction of sp³-hybridized carbons (Fsp3) is 0.600. The molecule has 3 N–H and O–H groups in total. The average molecular weight is 246 g/mol. The smallest absolute Gasteiger partial charge is 0.122 e. The molecule has 2 atom stereocenters. The van der Waals surface area contributed by atoms with Gasteiger partial charge in [-0.3, -0.25) is 0 Å². The van der Waals surface area contributed by atoms with Crippen LogP contribution in [-0.4, -0.2) is 18.7 Å². The van der Waals surface area contributed by atoms with Crippen molar-refractivity contribution >= 4 is 0 Å². The van der Waals surface area contributed by atoms with Gasteiger partial charge in [-0.15, -0.1) is 0 Å². The summed E-state index contributed by atoms with van der Waals surface area (Å²) in [6, 6.07) is 7.39. The van der Waals surface area contributed by atoms with Crippen molar-refractivity contribution in [3.63, 3.8) is 0 Å². The Morgan fingerprint density at radius 1 is 1.28 bits per heavy atom. The molecule has 3 heteroatoms. The number of rotatable bonds is 3. The van der Waals surface area contributed by atoms with Crippen LogP contribution in [0, 0.1) is 0 Å². The van der Waals surface area contributed by atoms with Gasteiger partial charge >= 0.3 is 0 Å². The van der Waals surface area contributed by atoms with Gasteiger partial charge < -0.3 is 15.8 Å². The van der Waals surface area contributed by atoms with Crippen LogP contribution in [0.5, 0.6) is 5.75 Å². The molecule has 2 aliphatic rings. The fourth-order valence-electron chi connectivity index (χ4n) is 3.01. The minimum Gasteiger partial charge on any atom is -0.493 e. The maximum Gasteiger partial charge on any atom is 0.122 e. The molecule has 98 valence electrons. The Balaban J connectivity index is 1.62. The molecule has 0 radical (unpaired) electrons. The molecular formula is C15H22N2O. The predicted molar refractivity (Wildman–Crippen MR) is 72.7 cm³/mol. The summed E-state index contributed by atoms with van der Waals surface area (Å²) in [5, 5.41) is 3.59. The highest BCUT2D eigenvalue weighted by Gasteiger charge is 2.23. The Labute approximate surface area is 109 Å². The van der Waals surface area contributed by atoms with E-state index < -0.39 is 0 Å². The third kappa shape index (κ3) is 2.52. The molecule has 0 saturated heterocycles. The molecule has 1 saturated carbocycles. The number of ether oxygens (including phenoxy) is 1. The molecule has 18 heavy (non-hydrogen) atoms. The van der Waals surface area contributed by atoms with Gasteiger partial charge in [0, 0.05) is 18.6 Å². The lowest BCUT2D eigenvalue weighted by Crippen LogP contribution is -2.40. The Bertz CT molecular complexity index is 419. The van der Waals surface area contributed by atoms with Crippen molar-refractivity contribution in [1.82, 2.24) is 5.32 Å². The number of benzene rings is 1. The first-order chi connectivity index (χ1) is 8.83. The highest BCUT2D eigenvalue weighted by molar-refractivity contribution is 5.38. The van der Waals surface area contributed by atoms with Crippen LogP contribution >= 0.6 is 0 Å². The molecule has 1 aliphatic carbocycles. The van der Waals surface area contributed by atoms with Crippen LogP contribution in [0.3, 0.4) is 0 Å². The van der Waals surface area contributed by atoms with Gasteiger partial charge in [0.15, 0.2) is 0 Å². The van der Waals surface area contributed by atoms with E-state index in [1.165, 1.54) is 24.0 Å². The summed E-state index contributed by atoms with van der Waals surface area (Å²) < 4.78 is 5.63. The van der Waals surface area contributed by atoms with Crippen LogP contribution in [0.1, 0.15) is 36.8 Å². The second-order valence-corrected chi connectivity index (χ2v) is 5.48. The topological polar surface area (TPSA) is 47.3 Å². The monoisotopic (exact) mass is 246 g/mol. The van der Waals surface area contributed by atoms with Crippen molar-refractivity contribution < 1.29 is 4.74 Å². The van der Waals surface area contributed by atoms with Crippen LogP contribution in [0.2, 0.25) is 0 Å². The number of aryl methyl sites for hydroxylation is 1. The van der Waals surface area contributed by atoms with E-state index in [0.717, 1.165) is 38.2 Å². The highest BCUT2D eigenvalue weighted by Crippen LogP contribution is 2.25. The van der Waals surface area contributed by atoms with E-state index >= 15 is 0 Å². The molecule has 1 heterocycles. The molecule has 3 rings (SSSR count). The third-order valence-corrected chi connectivity index (χ3v) is 4.11. The molecule has 2 unspecified atom stereocenters. The highest BCUT2D eigenvalue weighted by atomic mass is 16.5. The van der Waals surface area contributed by atoms with Crippen LogP contribution in [-0.2, 0) is 13.0 Å². The molecule has 0 aromatic heterocycles. The number of fused-ring (bicyclic) bond motifs is 1. The first-order valence-electron chi connectivity index (χ1n) is 7.06. The molecule has 0 spiro atoms. The van der Waals surface area contributed by atoms with E-state index in [1.807, 2.05) is 0 Å². The van der Waals surface area contributed by atoms with E-state index in [4.69, 9.17) is 10.5 Å². The molecule has 3 nitrogen and oxygen atoms in total. The number of nitrogens with two attached hydrogens (primary N) is 1. The molecule has 0 amide bonds. The van der Waals surface area contributed by atoms with Gasteiger partial charge in [-0.1, -0.05) is 18.6 Å². The van der Waals surface area contributed by atoms with Crippen molar-refractivity contribution in [2.24, 2.45) is 5.73 Å². The molecular weight excluding hydrogens is 224 g/mol. The van der Waals surface area contributed by atoms with Crippen molar-refractivity contribution in [2.75, 3.05) is 6.61 Å². The Morgan fingerprint density at radius 3 is 3.06 bits per heavy atom. The lowest BCUT2D eigenvalue weighted by atomic mass is 10.0. The fourth-order valence-corrected chi connectivity index (χ4v) is 3.01. The minimum absolute atomic E-state index is 0.339. The van der Waals surface area contributed by atoms with E-state index in [2.05, 4.69) is 23.5 Å². The molecule has 0 bridgehead atoms. The maximum atomic E-state index is 6.07. The van der Waals surface area contributed by atoms with Gasteiger partial charge in [0.1, 0.15) is 5.75 Å². The normalized spacial score (nSPS) is 26.7. The largest absolute Gasteiger partial charge is 0.493 e. The Kier molecular flexibility index (Phi) is 3.52. The SMILES string of the molecule is NC1CCCC1NCc1ccc2c(c1)CCCO2. The van der Waals surface area contributed by atoms with Crippen LogP contribution in [0.4, 0.5) is 0 Å². The number of hydrogen-bond donors (Lipinski definition) is 2. The molecule has 1 aliphatic heterocycles. The van der Waals surface area contributed by atoms with Gasteiger partial charge in [0.25, 0.3) is 0 Å². The number of nitrogens with one attached hydrogen (secondary N) is 1. The van der Waals surface area contributed by atoms with Gasteiger partial charge in [0.05, 0.1) is 6.61 Å². The lowest BCUT2D eigenvalue weighted by Gasteiger charge is -2.20. The maximum absolute atomic E-state index is 6.07. The van der Waals surface area contributed by atoms with E-state index in [0.29, 0.717) is 12.1 Å². The predicted octanol–water partition coefficient (Wildman–Crippen LogP) is 1.98. The van der Waals surface area contributed by atoms with E-state index in [1.54, 1.807) is 0 Å². The first kappa shape index (κ1) is 12.0. The van der Waals surface area contributed by atoms with Crippen molar-refractivity contribution in [2.45, 2.75) is 50.7 Å². The molecule has 1 aromatic carbocycles.